The van der Waals surface area contributed by atoms with Crippen molar-refractivity contribution in [3.05, 3.63) is 69.6 Å². The van der Waals surface area contributed by atoms with Crippen molar-refractivity contribution in [3.63, 3.8) is 0 Å². The fraction of sp³-hybridized carbons (Fsp3) is 0.273. The van der Waals surface area contributed by atoms with Gasteiger partial charge in [-0.15, -0.1) is 0 Å². The first-order valence-electron chi connectivity index (χ1n) is 8.78. The second-order valence-corrected chi connectivity index (χ2v) is 9.99. The summed E-state index contributed by atoms with van der Waals surface area (Å²) in [5.41, 5.74) is 0.374. The van der Waals surface area contributed by atoms with Crippen LogP contribution in [0.3, 0.4) is 0 Å². The predicted molar refractivity (Wildman–Crippen MR) is 114 cm³/mol. The number of nitriles is 1. The minimum Gasteiger partial charge on any atom is -0.457 e. The van der Waals surface area contributed by atoms with Gasteiger partial charge in [-0.25, -0.2) is 0 Å². The van der Waals surface area contributed by atoms with Gasteiger partial charge in [-0.3, -0.25) is 4.79 Å². The fourth-order valence-electron chi connectivity index (χ4n) is 3.30. The van der Waals surface area contributed by atoms with E-state index in [0.717, 1.165) is 3.39 Å². The van der Waals surface area contributed by atoms with Crippen LogP contribution < -0.4 is 4.74 Å². The molecule has 4 nitrogen and oxygen atoms in total. The summed E-state index contributed by atoms with van der Waals surface area (Å²) in [6.45, 7) is 4.03. The molecule has 1 fully saturated rings. The topological polar surface area (TPSA) is 59.3 Å². The number of hydrogen-bond acceptors (Lipinski definition) is 4. The zero-order valence-corrected chi connectivity index (χ0v) is 18.6. The SMILES string of the molecule is CC1(C)[C@H](C=C(Br)Br)[C@@H]1C(=O)OC(C#N)c1cccc(Oc2ccccc2)c1. The Morgan fingerprint density at radius 1 is 1.14 bits per heavy atom. The second kappa shape index (κ2) is 8.50. The first-order chi connectivity index (χ1) is 13.3. The number of nitrogens with zero attached hydrogens (tertiary/aromatic N) is 1. The highest BCUT2D eigenvalue weighted by molar-refractivity contribution is 9.28. The van der Waals surface area contributed by atoms with Crippen LogP contribution in [0.5, 0.6) is 11.5 Å². The van der Waals surface area contributed by atoms with Crippen molar-refractivity contribution in [2.45, 2.75) is 20.0 Å². The maximum atomic E-state index is 12.7. The normalized spacial score (nSPS) is 20.4. The van der Waals surface area contributed by atoms with Crippen molar-refractivity contribution >= 4 is 37.8 Å². The molecule has 1 aliphatic carbocycles. The van der Waals surface area contributed by atoms with Crippen LogP contribution in [-0.2, 0) is 9.53 Å². The van der Waals surface area contributed by atoms with E-state index in [9.17, 15) is 10.1 Å². The Bertz CT molecular complexity index is 930. The lowest BCUT2D eigenvalue weighted by Crippen LogP contribution is -2.14. The predicted octanol–water partition coefficient (Wildman–Crippen LogP) is 6.49. The molecule has 1 unspecified atom stereocenters. The summed E-state index contributed by atoms with van der Waals surface area (Å²) in [7, 11) is 0. The molecular formula is C22H19Br2NO3. The van der Waals surface area contributed by atoms with Crippen LogP contribution in [0.25, 0.3) is 0 Å². The van der Waals surface area contributed by atoms with Crippen LogP contribution in [0.1, 0.15) is 25.5 Å². The van der Waals surface area contributed by atoms with E-state index in [0.29, 0.717) is 17.1 Å². The average molecular weight is 505 g/mol. The molecule has 28 heavy (non-hydrogen) atoms. The number of benzene rings is 2. The average Bonchev–Trinajstić information content (AvgIpc) is 3.20. The van der Waals surface area contributed by atoms with Crippen molar-refractivity contribution in [3.8, 4) is 17.6 Å². The number of rotatable bonds is 6. The summed E-state index contributed by atoms with van der Waals surface area (Å²) in [5.74, 6) is 0.683. The minimum atomic E-state index is -0.986. The molecule has 0 amide bonds. The quantitative estimate of drug-likeness (QED) is 0.422. The summed E-state index contributed by atoms with van der Waals surface area (Å²) < 4.78 is 12.2. The maximum absolute atomic E-state index is 12.7. The van der Waals surface area contributed by atoms with E-state index in [1.807, 2.05) is 50.3 Å². The van der Waals surface area contributed by atoms with Crippen molar-refractivity contribution in [1.82, 2.24) is 0 Å². The minimum absolute atomic E-state index is 0.0563. The van der Waals surface area contributed by atoms with Gasteiger partial charge in [-0.05, 0) is 67.5 Å². The summed E-state index contributed by atoms with van der Waals surface area (Å²) in [4.78, 5) is 12.7. The smallest absolute Gasteiger partial charge is 0.311 e. The molecule has 0 aromatic heterocycles. The Hall–Kier alpha value is -2.10. The van der Waals surface area contributed by atoms with Gasteiger partial charge in [0.15, 0.2) is 0 Å². The number of allylic oxidation sites excluding steroid dienone is 1. The van der Waals surface area contributed by atoms with Crippen molar-refractivity contribution < 1.29 is 14.3 Å². The second-order valence-electron chi connectivity index (χ2n) is 7.21. The van der Waals surface area contributed by atoms with Crippen LogP contribution in [0.2, 0.25) is 0 Å². The van der Waals surface area contributed by atoms with E-state index in [-0.39, 0.29) is 23.2 Å². The van der Waals surface area contributed by atoms with Gasteiger partial charge in [0, 0.05) is 5.56 Å². The summed E-state index contributed by atoms with van der Waals surface area (Å²) in [5, 5.41) is 9.56. The van der Waals surface area contributed by atoms with E-state index >= 15 is 0 Å². The van der Waals surface area contributed by atoms with E-state index in [1.54, 1.807) is 24.3 Å². The largest absolute Gasteiger partial charge is 0.457 e. The molecule has 3 atom stereocenters. The van der Waals surface area contributed by atoms with Gasteiger partial charge in [0.05, 0.1) is 9.31 Å². The molecule has 1 saturated carbocycles. The molecule has 0 radical (unpaired) electrons. The zero-order valence-electron chi connectivity index (χ0n) is 15.4. The van der Waals surface area contributed by atoms with Gasteiger partial charge in [0.1, 0.15) is 17.6 Å². The Morgan fingerprint density at radius 2 is 1.82 bits per heavy atom. The Balaban J connectivity index is 1.72. The molecule has 0 N–H and O–H groups in total. The zero-order chi connectivity index (χ0) is 20.3. The van der Waals surface area contributed by atoms with Crippen LogP contribution in [0.4, 0.5) is 0 Å². The third-order valence-electron chi connectivity index (χ3n) is 4.96. The van der Waals surface area contributed by atoms with Crippen LogP contribution >= 0.6 is 31.9 Å². The highest BCUT2D eigenvalue weighted by atomic mass is 79.9. The fourth-order valence-corrected chi connectivity index (χ4v) is 3.87. The number of carbonyl (C=O) groups excluding carboxylic acids is 1. The van der Waals surface area contributed by atoms with E-state index in [1.165, 1.54) is 0 Å². The summed E-state index contributed by atoms with van der Waals surface area (Å²) in [6.07, 6.45) is 0.960. The van der Waals surface area contributed by atoms with Crippen LogP contribution in [0.15, 0.2) is 64.1 Å². The van der Waals surface area contributed by atoms with Crippen molar-refractivity contribution in [1.29, 1.82) is 5.26 Å². The van der Waals surface area contributed by atoms with Gasteiger partial charge in [0.2, 0.25) is 6.10 Å². The number of ether oxygens (including phenoxy) is 2. The molecular weight excluding hydrogens is 486 g/mol. The lowest BCUT2D eigenvalue weighted by Gasteiger charge is -2.13. The van der Waals surface area contributed by atoms with Crippen LogP contribution in [-0.4, -0.2) is 5.97 Å². The number of para-hydroxylation sites is 1. The third-order valence-corrected chi connectivity index (χ3v) is 5.49. The highest BCUT2D eigenvalue weighted by Gasteiger charge is 2.61. The molecule has 0 spiro atoms. The molecule has 2 aromatic carbocycles. The number of esters is 1. The highest BCUT2D eigenvalue weighted by Crippen LogP contribution is 2.60. The number of hydrogen-bond donors (Lipinski definition) is 0. The third kappa shape index (κ3) is 4.65. The molecule has 0 aliphatic heterocycles. The monoisotopic (exact) mass is 503 g/mol. The lowest BCUT2D eigenvalue weighted by atomic mass is 10.1. The maximum Gasteiger partial charge on any atom is 0.311 e. The lowest BCUT2D eigenvalue weighted by molar-refractivity contribution is -0.149. The van der Waals surface area contributed by atoms with E-state index < -0.39 is 6.10 Å². The first kappa shape index (κ1) is 20.6. The number of halogens is 2. The molecule has 3 rings (SSSR count). The molecule has 0 heterocycles. The van der Waals surface area contributed by atoms with Gasteiger partial charge in [-0.2, -0.15) is 5.26 Å². The molecule has 2 aromatic rings. The first-order valence-corrected chi connectivity index (χ1v) is 10.4. The van der Waals surface area contributed by atoms with Gasteiger partial charge < -0.3 is 9.47 Å². The summed E-state index contributed by atoms with van der Waals surface area (Å²) in [6, 6.07) is 18.5. The Kier molecular flexibility index (Phi) is 6.26. The van der Waals surface area contributed by atoms with Crippen LogP contribution in [0, 0.1) is 28.6 Å². The molecule has 6 heteroatoms. The standard InChI is InChI=1S/C22H19Br2NO3/c1-22(2)17(12-19(23)24)20(22)21(26)28-18(13-25)14-7-6-10-16(11-14)27-15-8-4-3-5-9-15/h3-12,17-18,20H,1-2H3/t17-,18?,20-/m1/s1. The van der Waals surface area contributed by atoms with Gasteiger partial charge >= 0.3 is 5.97 Å². The van der Waals surface area contributed by atoms with Gasteiger partial charge in [-0.1, -0.05) is 50.3 Å². The molecule has 1 aliphatic rings. The van der Waals surface area contributed by atoms with E-state index in [2.05, 4.69) is 37.9 Å². The van der Waals surface area contributed by atoms with E-state index in [4.69, 9.17) is 9.47 Å². The molecule has 0 saturated heterocycles. The Morgan fingerprint density at radius 3 is 2.46 bits per heavy atom. The molecule has 0 bridgehead atoms. The van der Waals surface area contributed by atoms with Crippen molar-refractivity contribution in [2.24, 2.45) is 17.3 Å². The number of carbonyl (C=O) groups is 1. The van der Waals surface area contributed by atoms with Crippen molar-refractivity contribution in [2.75, 3.05) is 0 Å². The van der Waals surface area contributed by atoms with Gasteiger partial charge in [0.25, 0.3) is 0 Å². The molecule has 144 valence electrons. The Labute approximate surface area is 181 Å². The summed E-state index contributed by atoms with van der Waals surface area (Å²) >= 11 is 6.68.